The predicted octanol–water partition coefficient (Wildman–Crippen LogP) is 3.35. The van der Waals surface area contributed by atoms with Crippen LogP contribution >= 0.6 is 11.6 Å². The standard InChI is InChI=1S/C19H19ClN4O2/c1-13-12-14(2)24(23-13)17-9-8-16(20)18(22-17)19(25)21-10-11-26-15-6-4-3-5-7-15/h3-9,12H,10-11H2,1-2H3,(H,21,25). The largest absolute Gasteiger partial charge is 0.492 e. The van der Waals surface area contributed by atoms with Gasteiger partial charge in [0, 0.05) is 5.69 Å². The minimum atomic E-state index is -0.352. The third-order valence-electron chi connectivity index (χ3n) is 3.67. The fourth-order valence-electron chi connectivity index (χ4n) is 2.50. The van der Waals surface area contributed by atoms with Gasteiger partial charge in [-0.3, -0.25) is 4.79 Å². The zero-order valence-electron chi connectivity index (χ0n) is 14.6. The summed E-state index contributed by atoms with van der Waals surface area (Å²) in [5.41, 5.74) is 1.97. The van der Waals surface area contributed by atoms with Crippen LogP contribution in [0, 0.1) is 13.8 Å². The Morgan fingerprint density at radius 1 is 1.19 bits per heavy atom. The van der Waals surface area contributed by atoms with E-state index in [0.29, 0.717) is 19.0 Å². The smallest absolute Gasteiger partial charge is 0.271 e. The summed E-state index contributed by atoms with van der Waals surface area (Å²) in [4.78, 5) is 16.8. The second-order valence-electron chi connectivity index (χ2n) is 5.76. The third kappa shape index (κ3) is 4.21. The van der Waals surface area contributed by atoms with Crippen molar-refractivity contribution in [3.8, 4) is 11.6 Å². The van der Waals surface area contributed by atoms with E-state index in [2.05, 4.69) is 15.4 Å². The molecule has 0 spiro atoms. The maximum Gasteiger partial charge on any atom is 0.271 e. The first-order valence-electron chi connectivity index (χ1n) is 8.21. The van der Waals surface area contributed by atoms with Gasteiger partial charge in [0.15, 0.2) is 5.82 Å². The summed E-state index contributed by atoms with van der Waals surface area (Å²) in [6, 6.07) is 14.7. The number of amides is 1. The van der Waals surface area contributed by atoms with Crippen LogP contribution in [0.25, 0.3) is 5.82 Å². The number of aryl methyl sites for hydroxylation is 2. The average Bonchev–Trinajstić information content (AvgIpc) is 2.98. The van der Waals surface area contributed by atoms with E-state index in [9.17, 15) is 4.79 Å². The van der Waals surface area contributed by atoms with Crippen molar-refractivity contribution in [3.05, 3.63) is 70.6 Å². The normalized spacial score (nSPS) is 10.6. The van der Waals surface area contributed by atoms with Gasteiger partial charge < -0.3 is 10.1 Å². The van der Waals surface area contributed by atoms with Crippen molar-refractivity contribution in [3.63, 3.8) is 0 Å². The number of benzene rings is 1. The average molecular weight is 371 g/mol. The van der Waals surface area contributed by atoms with Gasteiger partial charge in [-0.15, -0.1) is 0 Å². The number of pyridine rings is 1. The fourth-order valence-corrected chi connectivity index (χ4v) is 2.69. The van der Waals surface area contributed by atoms with Crippen LogP contribution < -0.4 is 10.1 Å². The Labute approximate surface area is 156 Å². The molecule has 26 heavy (non-hydrogen) atoms. The van der Waals surface area contributed by atoms with E-state index in [4.69, 9.17) is 16.3 Å². The highest BCUT2D eigenvalue weighted by Gasteiger charge is 2.15. The number of hydrogen-bond acceptors (Lipinski definition) is 4. The van der Waals surface area contributed by atoms with E-state index in [0.717, 1.165) is 17.1 Å². The second-order valence-corrected chi connectivity index (χ2v) is 6.16. The molecule has 1 N–H and O–H groups in total. The number of rotatable bonds is 6. The molecule has 0 saturated heterocycles. The van der Waals surface area contributed by atoms with Gasteiger partial charge in [0.25, 0.3) is 5.91 Å². The SMILES string of the molecule is Cc1cc(C)n(-c2ccc(Cl)c(C(=O)NCCOc3ccccc3)n2)n1. The van der Waals surface area contributed by atoms with Crippen molar-refractivity contribution in [1.29, 1.82) is 0 Å². The summed E-state index contributed by atoms with van der Waals surface area (Å²) in [5, 5.41) is 7.44. The maximum atomic E-state index is 12.4. The Morgan fingerprint density at radius 2 is 1.96 bits per heavy atom. The number of carbonyl (C=O) groups excluding carboxylic acids is 1. The first-order valence-corrected chi connectivity index (χ1v) is 8.58. The Hall–Kier alpha value is -2.86. The highest BCUT2D eigenvalue weighted by atomic mass is 35.5. The zero-order chi connectivity index (χ0) is 18.5. The molecule has 0 unspecified atom stereocenters. The molecule has 0 saturated carbocycles. The van der Waals surface area contributed by atoms with E-state index < -0.39 is 0 Å². The zero-order valence-corrected chi connectivity index (χ0v) is 15.3. The van der Waals surface area contributed by atoms with Gasteiger partial charge in [0.2, 0.25) is 0 Å². The summed E-state index contributed by atoms with van der Waals surface area (Å²) < 4.78 is 7.23. The summed E-state index contributed by atoms with van der Waals surface area (Å²) in [6.45, 7) is 4.52. The highest BCUT2D eigenvalue weighted by molar-refractivity contribution is 6.33. The number of ether oxygens (including phenoxy) is 1. The molecule has 1 aromatic carbocycles. The fraction of sp³-hybridized carbons (Fsp3) is 0.211. The van der Waals surface area contributed by atoms with E-state index in [-0.39, 0.29) is 16.6 Å². The monoisotopic (exact) mass is 370 g/mol. The molecule has 0 fully saturated rings. The van der Waals surface area contributed by atoms with Gasteiger partial charge in [0.05, 0.1) is 17.3 Å². The number of halogens is 1. The first-order chi connectivity index (χ1) is 12.5. The molecule has 0 aliphatic rings. The molecule has 0 aliphatic carbocycles. The molecule has 0 bridgehead atoms. The Bertz CT molecular complexity index is 909. The number of carbonyl (C=O) groups is 1. The highest BCUT2D eigenvalue weighted by Crippen LogP contribution is 2.17. The molecule has 0 aliphatic heterocycles. The first kappa shape index (κ1) is 17.9. The van der Waals surface area contributed by atoms with Crippen LogP contribution in [0.15, 0.2) is 48.5 Å². The van der Waals surface area contributed by atoms with Crippen LogP contribution in [0.5, 0.6) is 5.75 Å². The molecular formula is C19H19ClN4O2. The van der Waals surface area contributed by atoms with Crippen LogP contribution in [-0.4, -0.2) is 33.8 Å². The van der Waals surface area contributed by atoms with Crippen LogP contribution in [0.4, 0.5) is 0 Å². The molecule has 7 heteroatoms. The lowest BCUT2D eigenvalue weighted by Gasteiger charge is -2.10. The van der Waals surface area contributed by atoms with Gasteiger partial charge in [0.1, 0.15) is 18.1 Å². The lowest BCUT2D eigenvalue weighted by atomic mass is 10.3. The van der Waals surface area contributed by atoms with Crippen molar-refractivity contribution in [2.45, 2.75) is 13.8 Å². The Balaban J connectivity index is 1.65. The molecule has 3 aromatic rings. The minimum absolute atomic E-state index is 0.163. The number of hydrogen-bond donors (Lipinski definition) is 1. The molecule has 134 valence electrons. The predicted molar refractivity (Wildman–Crippen MR) is 100 cm³/mol. The summed E-state index contributed by atoms with van der Waals surface area (Å²) in [6.07, 6.45) is 0. The molecular weight excluding hydrogens is 352 g/mol. The van der Waals surface area contributed by atoms with Crippen molar-refractivity contribution < 1.29 is 9.53 Å². The summed E-state index contributed by atoms with van der Waals surface area (Å²) in [5.74, 6) is 0.949. The number of nitrogens with one attached hydrogen (secondary N) is 1. The van der Waals surface area contributed by atoms with E-state index >= 15 is 0 Å². The minimum Gasteiger partial charge on any atom is -0.492 e. The lowest BCUT2D eigenvalue weighted by molar-refractivity contribution is 0.0942. The quantitative estimate of drug-likeness (QED) is 0.675. The van der Waals surface area contributed by atoms with Crippen LogP contribution in [0.3, 0.4) is 0 Å². The topological polar surface area (TPSA) is 69.0 Å². The molecule has 3 rings (SSSR count). The molecule has 2 heterocycles. The van der Waals surface area contributed by atoms with Crippen molar-refractivity contribution >= 4 is 17.5 Å². The van der Waals surface area contributed by atoms with Crippen molar-refractivity contribution in [1.82, 2.24) is 20.1 Å². The molecule has 2 aromatic heterocycles. The Kier molecular flexibility index (Phi) is 5.53. The third-order valence-corrected chi connectivity index (χ3v) is 3.98. The van der Waals surface area contributed by atoms with Gasteiger partial charge in [-0.2, -0.15) is 5.10 Å². The van der Waals surface area contributed by atoms with Gasteiger partial charge in [-0.1, -0.05) is 29.8 Å². The van der Waals surface area contributed by atoms with Crippen LogP contribution in [0.1, 0.15) is 21.9 Å². The summed E-state index contributed by atoms with van der Waals surface area (Å²) >= 11 is 6.15. The number of para-hydroxylation sites is 1. The summed E-state index contributed by atoms with van der Waals surface area (Å²) in [7, 11) is 0. The number of aromatic nitrogens is 3. The van der Waals surface area contributed by atoms with Crippen molar-refractivity contribution in [2.24, 2.45) is 0 Å². The molecule has 0 radical (unpaired) electrons. The maximum absolute atomic E-state index is 12.4. The van der Waals surface area contributed by atoms with Crippen LogP contribution in [0.2, 0.25) is 5.02 Å². The Morgan fingerprint density at radius 3 is 2.65 bits per heavy atom. The van der Waals surface area contributed by atoms with E-state index in [1.54, 1.807) is 16.8 Å². The van der Waals surface area contributed by atoms with E-state index in [1.165, 1.54) is 0 Å². The molecule has 0 atom stereocenters. The van der Waals surface area contributed by atoms with E-state index in [1.807, 2.05) is 50.2 Å². The van der Waals surface area contributed by atoms with Gasteiger partial charge >= 0.3 is 0 Å². The molecule has 1 amide bonds. The lowest BCUT2D eigenvalue weighted by Crippen LogP contribution is -2.29. The van der Waals surface area contributed by atoms with Crippen LogP contribution in [-0.2, 0) is 0 Å². The number of nitrogens with zero attached hydrogens (tertiary/aromatic N) is 3. The van der Waals surface area contributed by atoms with Gasteiger partial charge in [-0.05, 0) is 44.2 Å². The second kappa shape index (κ2) is 8.01. The molecule has 6 nitrogen and oxygen atoms in total. The van der Waals surface area contributed by atoms with Crippen molar-refractivity contribution in [2.75, 3.05) is 13.2 Å². The van der Waals surface area contributed by atoms with Gasteiger partial charge in [-0.25, -0.2) is 9.67 Å².